The lowest BCUT2D eigenvalue weighted by Gasteiger charge is -2.38. The van der Waals surface area contributed by atoms with Crippen LogP contribution < -0.4 is 15.8 Å². The molecule has 0 aromatic heterocycles. The molecule has 0 bridgehead atoms. The van der Waals surface area contributed by atoms with Crippen LogP contribution in [-0.4, -0.2) is 39.0 Å². The van der Waals surface area contributed by atoms with E-state index >= 15 is 0 Å². The molecular formula is C14H22IN3O3S. The molecule has 1 aliphatic carbocycles. The lowest BCUT2D eigenvalue weighted by Crippen LogP contribution is -2.48. The summed E-state index contributed by atoms with van der Waals surface area (Å²) in [7, 11) is -1.53. The molecule has 8 heteroatoms. The first kappa shape index (κ1) is 19.0. The summed E-state index contributed by atoms with van der Waals surface area (Å²) in [6, 6.07) is 7.28. The van der Waals surface area contributed by atoms with Gasteiger partial charge < -0.3 is 15.8 Å². The number of aliphatic imine (C=N–C) groups is 1. The number of methoxy groups -OCH3 is 1. The zero-order valence-electron chi connectivity index (χ0n) is 12.7. The van der Waals surface area contributed by atoms with Gasteiger partial charge in [-0.05, 0) is 25.0 Å². The number of ether oxygens (including phenoxy) is 1. The Morgan fingerprint density at radius 1 is 1.45 bits per heavy atom. The number of halogens is 1. The molecule has 1 saturated carbocycles. The number of nitrogens with two attached hydrogens (primary N) is 1. The molecule has 124 valence electrons. The lowest BCUT2D eigenvalue weighted by atomic mass is 9.84. The zero-order chi connectivity index (χ0) is 15.5. The molecule has 22 heavy (non-hydrogen) atoms. The van der Waals surface area contributed by atoms with Crippen molar-refractivity contribution in [2.24, 2.45) is 10.7 Å². The van der Waals surface area contributed by atoms with E-state index in [0.717, 1.165) is 12.1 Å². The molecule has 2 rings (SSSR count). The molecule has 0 saturated heterocycles. The number of nitrogens with one attached hydrogen (secondary N) is 1. The molecule has 0 atom stereocenters. The first-order chi connectivity index (χ1) is 9.86. The molecule has 6 nitrogen and oxygen atoms in total. The maximum absolute atomic E-state index is 11.8. The number of benzene rings is 1. The zero-order valence-corrected chi connectivity index (χ0v) is 15.9. The van der Waals surface area contributed by atoms with Crippen molar-refractivity contribution in [1.82, 2.24) is 0 Å². The third-order valence-corrected chi connectivity index (χ3v) is 6.04. The highest BCUT2D eigenvalue weighted by molar-refractivity contribution is 14.0. The summed E-state index contributed by atoms with van der Waals surface area (Å²) in [5.74, 6) is 0.914. The fourth-order valence-corrected chi connectivity index (χ4v) is 3.66. The van der Waals surface area contributed by atoms with Crippen LogP contribution in [0.1, 0.15) is 19.3 Å². The van der Waals surface area contributed by atoms with Gasteiger partial charge in [-0.15, -0.1) is 24.0 Å². The van der Waals surface area contributed by atoms with Crippen molar-refractivity contribution >= 4 is 45.5 Å². The van der Waals surface area contributed by atoms with Crippen molar-refractivity contribution in [3.05, 3.63) is 24.3 Å². The Bertz CT molecular complexity index is 642. The van der Waals surface area contributed by atoms with Crippen molar-refractivity contribution in [1.29, 1.82) is 0 Å². The average Bonchev–Trinajstić information content (AvgIpc) is 2.36. The fourth-order valence-electron chi connectivity index (χ4n) is 2.33. The maximum Gasteiger partial charge on any atom is 0.193 e. The number of nitrogens with zero attached hydrogens (tertiary/aromatic N) is 1. The summed E-state index contributed by atoms with van der Waals surface area (Å²) in [5, 5.41) is 2.94. The van der Waals surface area contributed by atoms with Crippen LogP contribution in [0.25, 0.3) is 0 Å². The molecule has 1 aromatic rings. The highest BCUT2D eigenvalue weighted by atomic mass is 127. The van der Waals surface area contributed by atoms with Crippen LogP contribution in [0.15, 0.2) is 29.3 Å². The third kappa shape index (κ3) is 4.25. The Kier molecular flexibility index (Phi) is 6.48. The van der Waals surface area contributed by atoms with Crippen LogP contribution >= 0.6 is 24.0 Å². The standard InChI is InChI=1S/C14H21N3O3S.HI/c1-20-12-6-3-5-11(9-12)17-13(15)16-10-14(7-4-8-14)21(2,18)19;/h3,5-6,9H,4,7-8,10H2,1-2H3,(H3,15,16,17);1H. The second kappa shape index (κ2) is 7.49. The minimum Gasteiger partial charge on any atom is -0.497 e. The first-order valence-corrected chi connectivity index (χ1v) is 8.66. The predicted molar refractivity (Wildman–Crippen MR) is 99.9 cm³/mol. The van der Waals surface area contributed by atoms with Crippen LogP contribution in [0.5, 0.6) is 5.75 Å². The van der Waals surface area contributed by atoms with Gasteiger partial charge in [0.1, 0.15) is 5.75 Å². The van der Waals surface area contributed by atoms with E-state index in [2.05, 4.69) is 10.3 Å². The smallest absolute Gasteiger partial charge is 0.193 e. The van der Waals surface area contributed by atoms with Crippen LogP contribution in [0.2, 0.25) is 0 Å². The molecular weight excluding hydrogens is 417 g/mol. The molecule has 0 amide bonds. The van der Waals surface area contributed by atoms with E-state index in [1.54, 1.807) is 13.2 Å². The van der Waals surface area contributed by atoms with Gasteiger partial charge >= 0.3 is 0 Å². The van der Waals surface area contributed by atoms with E-state index in [0.29, 0.717) is 18.6 Å². The second-order valence-electron chi connectivity index (χ2n) is 5.37. The van der Waals surface area contributed by atoms with Crippen LogP contribution in [0.4, 0.5) is 5.69 Å². The van der Waals surface area contributed by atoms with Gasteiger partial charge in [-0.2, -0.15) is 0 Å². The highest BCUT2D eigenvalue weighted by Gasteiger charge is 2.46. The van der Waals surface area contributed by atoms with Crippen molar-refractivity contribution < 1.29 is 13.2 Å². The van der Waals surface area contributed by atoms with Crippen molar-refractivity contribution in [3.63, 3.8) is 0 Å². The van der Waals surface area contributed by atoms with E-state index in [1.807, 2.05) is 18.2 Å². The molecule has 0 spiro atoms. The van der Waals surface area contributed by atoms with Crippen LogP contribution in [0, 0.1) is 0 Å². The van der Waals surface area contributed by atoms with Gasteiger partial charge in [-0.25, -0.2) is 8.42 Å². The largest absolute Gasteiger partial charge is 0.497 e. The molecule has 3 N–H and O–H groups in total. The van der Waals surface area contributed by atoms with Crippen molar-refractivity contribution in [2.45, 2.75) is 24.0 Å². The average molecular weight is 439 g/mol. The minimum absolute atomic E-state index is 0. The number of anilines is 1. The maximum atomic E-state index is 11.8. The van der Waals surface area contributed by atoms with E-state index in [9.17, 15) is 8.42 Å². The summed E-state index contributed by atoms with van der Waals surface area (Å²) >= 11 is 0. The van der Waals surface area contributed by atoms with Crippen molar-refractivity contribution in [3.8, 4) is 5.75 Å². The number of guanidine groups is 1. The van der Waals surface area contributed by atoms with E-state index in [-0.39, 0.29) is 36.5 Å². The van der Waals surface area contributed by atoms with Gasteiger partial charge in [0.05, 0.1) is 18.4 Å². The first-order valence-electron chi connectivity index (χ1n) is 6.77. The molecule has 0 unspecified atom stereocenters. The Morgan fingerprint density at radius 3 is 2.64 bits per heavy atom. The molecule has 1 fully saturated rings. The SMILES string of the molecule is COc1cccc(NC(N)=NCC2(S(C)(=O)=O)CCC2)c1.I. The summed E-state index contributed by atoms with van der Waals surface area (Å²) < 4.78 is 28.1. The summed E-state index contributed by atoms with van der Waals surface area (Å²) in [6.07, 6.45) is 3.50. The Hall–Kier alpha value is -1.03. The lowest BCUT2D eigenvalue weighted by molar-refractivity contribution is 0.347. The van der Waals surface area contributed by atoms with Crippen LogP contribution in [-0.2, 0) is 9.84 Å². The molecule has 1 aromatic carbocycles. The Morgan fingerprint density at radius 2 is 2.14 bits per heavy atom. The van der Waals surface area contributed by atoms with Gasteiger partial charge in [0.25, 0.3) is 0 Å². The topological polar surface area (TPSA) is 93.8 Å². The normalized spacial score (nSPS) is 17.1. The third-order valence-electron chi connectivity index (χ3n) is 3.93. The van der Waals surface area contributed by atoms with Gasteiger partial charge in [0, 0.05) is 18.0 Å². The van der Waals surface area contributed by atoms with E-state index in [4.69, 9.17) is 10.5 Å². The number of sulfone groups is 1. The quantitative estimate of drug-likeness (QED) is 0.416. The van der Waals surface area contributed by atoms with Crippen molar-refractivity contribution in [2.75, 3.05) is 25.2 Å². The fraction of sp³-hybridized carbons (Fsp3) is 0.500. The monoisotopic (exact) mass is 439 g/mol. The number of hydrogen-bond donors (Lipinski definition) is 2. The van der Waals surface area contributed by atoms with Gasteiger partial charge in [-0.1, -0.05) is 12.5 Å². The van der Waals surface area contributed by atoms with Gasteiger partial charge in [-0.3, -0.25) is 4.99 Å². The molecule has 0 heterocycles. The molecule has 0 radical (unpaired) electrons. The Labute approximate surface area is 148 Å². The summed E-state index contributed by atoms with van der Waals surface area (Å²) in [5.41, 5.74) is 6.58. The highest BCUT2D eigenvalue weighted by Crippen LogP contribution is 2.39. The number of hydrogen-bond acceptors (Lipinski definition) is 4. The molecule has 0 aliphatic heterocycles. The summed E-state index contributed by atoms with van der Waals surface area (Å²) in [6.45, 7) is 0.203. The second-order valence-corrected chi connectivity index (χ2v) is 7.78. The van der Waals surface area contributed by atoms with E-state index in [1.165, 1.54) is 6.26 Å². The van der Waals surface area contributed by atoms with Gasteiger partial charge in [0.15, 0.2) is 15.8 Å². The van der Waals surface area contributed by atoms with Gasteiger partial charge in [0.2, 0.25) is 0 Å². The summed E-state index contributed by atoms with van der Waals surface area (Å²) in [4.78, 5) is 4.20. The van der Waals surface area contributed by atoms with Crippen LogP contribution in [0.3, 0.4) is 0 Å². The minimum atomic E-state index is -3.12. The Balaban J connectivity index is 0.00000242. The predicted octanol–water partition coefficient (Wildman–Crippen LogP) is 2.01. The van der Waals surface area contributed by atoms with E-state index < -0.39 is 14.6 Å². The molecule has 1 aliphatic rings. The number of rotatable bonds is 5.